The van der Waals surface area contributed by atoms with Crippen molar-refractivity contribution in [2.24, 2.45) is 0 Å². The highest BCUT2D eigenvalue weighted by molar-refractivity contribution is 7.81. The zero-order chi connectivity index (χ0) is 14.1. The summed E-state index contributed by atoms with van der Waals surface area (Å²) in [6, 6.07) is 7.37. The molecule has 1 unspecified atom stereocenters. The van der Waals surface area contributed by atoms with Crippen LogP contribution >= 0.6 is 12.6 Å². The summed E-state index contributed by atoms with van der Waals surface area (Å²) in [4.78, 5) is 25.7. The molecule has 20 heavy (non-hydrogen) atoms. The second-order valence-electron chi connectivity index (χ2n) is 4.96. The molecule has 2 aromatic rings. The number of nitrogens with zero attached hydrogens (tertiary/aromatic N) is 3. The van der Waals surface area contributed by atoms with Crippen LogP contribution in [0.1, 0.15) is 6.42 Å². The molecule has 1 fully saturated rings. The first-order chi connectivity index (χ1) is 9.65. The minimum absolute atomic E-state index is 0.0961. The quantitative estimate of drug-likeness (QED) is 0.855. The molecule has 0 aliphatic carbocycles. The van der Waals surface area contributed by atoms with E-state index in [4.69, 9.17) is 0 Å². The topological polar surface area (TPSA) is 55.2 Å². The number of rotatable bonds is 3. The van der Waals surface area contributed by atoms with Crippen molar-refractivity contribution in [3.8, 4) is 0 Å². The molecule has 104 valence electrons. The van der Waals surface area contributed by atoms with E-state index in [9.17, 15) is 9.59 Å². The molecule has 1 aliphatic heterocycles. The monoisotopic (exact) mass is 289 g/mol. The molecule has 0 spiro atoms. The summed E-state index contributed by atoms with van der Waals surface area (Å²) < 4.78 is 1.42. The van der Waals surface area contributed by atoms with Crippen LogP contribution in [0.15, 0.2) is 35.3 Å². The zero-order valence-electron chi connectivity index (χ0n) is 10.9. The van der Waals surface area contributed by atoms with Gasteiger partial charge in [0.2, 0.25) is 5.91 Å². The molecule has 2 heterocycles. The van der Waals surface area contributed by atoms with Crippen molar-refractivity contribution in [2.45, 2.75) is 18.2 Å². The molecule has 5 nitrogen and oxygen atoms in total. The normalized spacial score (nSPS) is 18.9. The van der Waals surface area contributed by atoms with Gasteiger partial charge in [-0.1, -0.05) is 18.2 Å². The Balaban J connectivity index is 1.80. The minimum Gasteiger partial charge on any atom is -0.340 e. The number of carbonyl (C=O) groups is 1. The van der Waals surface area contributed by atoms with E-state index in [1.807, 2.05) is 18.2 Å². The van der Waals surface area contributed by atoms with Crippen molar-refractivity contribution < 1.29 is 4.79 Å². The lowest BCUT2D eigenvalue weighted by Gasteiger charge is -2.16. The Labute approximate surface area is 121 Å². The Kier molecular flexibility index (Phi) is 3.48. The molecule has 0 saturated carbocycles. The Hall–Kier alpha value is -1.82. The summed E-state index contributed by atoms with van der Waals surface area (Å²) in [7, 11) is 0. The lowest BCUT2D eigenvalue weighted by Crippen LogP contribution is -2.33. The maximum Gasteiger partial charge on any atom is 0.274 e. The molecule has 1 saturated heterocycles. The Morgan fingerprint density at radius 3 is 2.80 bits per heavy atom. The molecule has 1 aliphatic rings. The smallest absolute Gasteiger partial charge is 0.274 e. The Morgan fingerprint density at radius 1 is 1.25 bits per heavy atom. The Morgan fingerprint density at radius 2 is 2.05 bits per heavy atom. The number of likely N-dealkylation sites (tertiary alicyclic amines) is 1. The van der Waals surface area contributed by atoms with Crippen LogP contribution in [0.2, 0.25) is 0 Å². The molecule has 0 radical (unpaired) electrons. The van der Waals surface area contributed by atoms with Crippen molar-refractivity contribution in [1.82, 2.24) is 14.7 Å². The first kappa shape index (κ1) is 13.2. The first-order valence-electron chi connectivity index (χ1n) is 6.56. The fraction of sp³-hybridized carbons (Fsp3) is 0.357. The maximum atomic E-state index is 12.3. The second kappa shape index (κ2) is 5.28. The Bertz CT molecular complexity index is 713. The van der Waals surface area contributed by atoms with E-state index in [0.29, 0.717) is 31.4 Å². The van der Waals surface area contributed by atoms with Crippen molar-refractivity contribution >= 4 is 29.3 Å². The van der Waals surface area contributed by atoms with Crippen LogP contribution in [0.4, 0.5) is 0 Å². The van der Waals surface area contributed by atoms with Gasteiger partial charge < -0.3 is 4.90 Å². The van der Waals surface area contributed by atoms with Crippen LogP contribution in [-0.4, -0.2) is 38.9 Å². The number of hydrogen-bond donors (Lipinski definition) is 1. The number of benzene rings is 1. The molecule has 0 bridgehead atoms. The van der Waals surface area contributed by atoms with Gasteiger partial charge in [-0.25, -0.2) is 4.68 Å². The summed E-state index contributed by atoms with van der Waals surface area (Å²) in [5.74, 6) is 0.0961. The SMILES string of the molecule is O=C1CC(S)CN1CCn1ncc2ccccc2c1=O. The number of hydrogen-bond acceptors (Lipinski definition) is 4. The predicted molar refractivity (Wildman–Crippen MR) is 80.0 cm³/mol. The largest absolute Gasteiger partial charge is 0.340 e. The summed E-state index contributed by atoms with van der Waals surface area (Å²) in [5.41, 5.74) is -0.114. The van der Waals surface area contributed by atoms with Gasteiger partial charge in [-0.15, -0.1) is 0 Å². The highest BCUT2D eigenvalue weighted by atomic mass is 32.1. The van der Waals surface area contributed by atoms with Gasteiger partial charge in [0.05, 0.1) is 18.1 Å². The fourth-order valence-corrected chi connectivity index (χ4v) is 2.82. The van der Waals surface area contributed by atoms with E-state index in [0.717, 1.165) is 5.39 Å². The van der Waals surface area contributed by atoms with E-state index in [1.165, 1.54) is 4.68 Å². The average molecular weight is 289 g/mol. The van der Waals surface area contributed by atoms with Crippen molar-refractivity contribution in [2.75, 3.05) is 13.1 Å². The summed E-state index contributed by atoms with van der Waals surface area (Å²) in [5, 5.41) is 5.75. The van der Waals surface area contributed by atoms with E-state index in [-0.39, 0.29) is 16.7 Å². The lowest BCUT2D eigenvalue weighted by molar-refractivity contribution is -0.127. The molecular weight excluding hydrogens is 274 g/mol. The molecule has 3 rings (SSSR count). The third kappa shape index (κ3) is 2.43. The van der Waals surface area contributed by atoms with Crippen LogP contribution in [0.5, 0.6) is 0 Å². The molecule has 0 N–H and O–H groups in total. The summed E-state index contributed by atoms with van der Waals surface area (Å²) in [6.07, 6.45) is 2.16. The van der Waals surface area contributed by atoms with Gasteiger partial charge in [-0.3, -0.25) is 9.59 Å². The second-order valence-corrected chi connectivity index (χ2v) is 5.69. The summed E-state index contributed by atoms with van der Waals surface area (Å²) >= 11 is 4.31. The van der Waals surface area contributed by atoms with Crippen molar-refractivity contribution in [3.05, 3.63) is 40.8 Å². The molecule has 1 atom stereocenters. The minimum atomic E-state index is -0.114. The highest BCUT2D eigenvalue weighted by Crippen LogP contribution is 2.15. The van der Waals surface area contributed by atoms with E-state index < -0.39 is 0 Å². The van der Waals surface area contributed by atoms with Crippen LogP contribution in [0, 0.1) is 0 Å². The van der Waals surface area contributed by atoms with E-state index in [1.54, 1.807) is 17.2 Å². The van der Waals surface area contributed by atoms with Gasteiger partial charge in [-0.2, -0.15) is 17.7 Å². The number of aromatic nitrogens is 2. The van der Waals surface area contributed by atoms with Gasteiger partial charge in [0.1, 0.15) is 0 Å². The van der Waals surface area contributed by atoms with Gasteiger partial charge in [0.25, 0.3) is 5.56 Å². The highest BCUT2D eigenvalue weighted by Gasteiger charge is 2.26. The van der Waals surface area contributed by atoms with Crippen molar-refractivity contribution in [1.29, 1.82) is 0 Å². The number of carbonyl (C=O) groups excluding carboxylic acids is 1. The van der Waals surface area contributed by atoms with Gasteiger partial charge in [0.15, 0.2) is 0 Å². The van der Waals surface area contributed by atoms with Crippen LogP contribution in [-0.2, 0) is 11.3 Å². The molecule has 1 amide bonds. The van der Waals surface area contributed by atoms with Gasteiger partial charge in [-0.05, 0) is 6.07 Å². The number of thiol groups is 1. The molecule has 6 heteroatoms. The van der Waals surface area contributed by atoms with E-state index in [2.05, 4.69) is 17.7 Å². The fourth-order valence-electron chi connectivity index (χ4n) is 2.47. The van der Waals surface area contributed by atoms with Gasteiger partial charge in [0, 0.05) is 30.1 Å². The molecular formula is C14H15N3O2S. The lowest BCUT2D eigenvalue weighted by atomic mass is 10.2. The van der Waals surface area contributed by atoms with Crippen LogP contribution < -0.4 is 5.56 Å². The maximum absolute atomic E-state index is 12.3. The molecule has 1 aromatic heterocycles. The predicted octanol–water partition coefficient (Wildman–Crippen LogP) is 0.927. The zero-order valence-corrected chi connectivity index (χ0v) is 11.8. The van der Waals surface area contributed by atoms with Crippen LogP contribution in [0.3, 0.4) is 0 Å². The summed E-state index contributed by atoms with van der Waals surface area (Å²) in [6.45, 7) is 1.56. The third-order valence-electron chi connectivity index (χ3n) is 3.54. The first-order valence-corrected chi connectivity index (χ1v) is 7.07. The number of fused-ring (bicyclic) bond motifs is 1. The number of amides is 1. The van der Waals surface area contributed by atoms with Crippen molar-refractivity contribution in [3.63, 3.8) is 0 Å². The van der Waals surface area contributed by atoms with Crippen LogP contribution in [0.25, 0.3) is 10.8 Å². The third-order valence-corrected chi connectivity index (χ3v) is 3.88. The molecule has 1 aromatic carbocycles. The standard InChI is InChI=1S/C14H15N3O2S/c18-13-7-11(20)9-16(13)5-6-17-14(19)12-4-2-1-3-10(12)8-15-17/h1-4,8,11,20H,5-7,9H2. The average Bonchev–Trinajstić information content (AvgIpc) is 2.77. The van der Waals surface area contributed by atoms with Gasteiger partial charge >= 0.3 is 0 Å². The van der Waals surface area contributed by atoms with E-state index >= 15 is 0 Å².